The van der Waals surface area contributed by atoms with Crippen LogP contribution in [0.4, 0.5) is 0 Å². The molecule has 0 aliphatic rings. The molecule has 0 N–H and O–H groups in total. The summed E-state index contributed by atoms with van der Waals surface area (Å²) in [4.78, 5) is 19.7. The van der Waals surface area contributed by atoms with Crippen molar-refractivity contribution < 1.29 is 4.79 Å². The number of hydrogen-bond acceptors (Lipinski definition) is 4. The van der Waals surface area contributed by atoms with Gasteiger partial charge in [0.1, 0.15) is 5.71 Å². The molecule has 5 nitrogen and oxygen atoms in total. The highest BCUT2D eigenvalue weighted by Gasteiger charge is 2.19. The lowest BCUT2D eigenvalue weighted by atomic mass is 10.0. The normalized spacial score (nSPS) is 11.3. The van der Waals surface area contributed by atoms with Crippen LogP contribution in [0.25, 0.3) is 22.8 Å². The standard InChI is InChI=1S/C28H20N4O/c33-26(22-15-7-2-8-16-22)25(21-13-5-1-6-14-21)30-32-28(24-19-11-4-12-20-24)29-27(31-32)23-17-9-3-10-18-23/h1-20H. The fourth-order valence-electron chi connectivity index (χ4n) is 3.50. The predicted molar refractivity (Wildman–Crippen MR) is 130 cm³/mol. The van der Waals surface area contributed by atoms with Crippen molar-refractivity contribution in [2.24, 2.45) is 5.10 Å². The molecule has 0 saturated carbocycles. The number of carbonyl (C=O) groups is 1. The molecule has 5 aromatic rings. The van der Waals surface area contributed by atoms with Gasteiger partial charge in [-0.05, 0) is 0 Å². The van der Waals surface area contributed by atoms with E-state index >= 15 is 0 Å². The number of benzene rings is 4. The molecule has 5 heteroatoms. The van der Waals surface area contributed by atoms with Gasteiger partial charge in [-0.3, -0.25) is 4.79 Å². The smallest absolute Gasteiger partial charge is 0.213 e. The molecule has 158 valence electrons. The van der Waals surface area contributed by atoms with E-state index in [-0.39, 0.29) is 5.78 Å². The average Bonchev–Trinajstić information content (AvgIpc) is 3.33. The Kier molecular flexibility index (Phi) is 5.68. The Morgan fingerprint density at radius 1 is 0.606 bits per heavy atom. The van der Waals surface area contributed by atoms with E-state index in [0.717, 1.165) is 11.1 Å². The van der Waals surface area contributed by atoms with Gasteiger partial charge in [-0.1, -0.05) is 121 Å². The molecule has 4 aromatic carbocycles. The molecule has 33 heavy (non-hydrogen) atoms. The number of ketones is 1. The molecule has 0 aliphatic heterocycles. The molecule has 1 aromatic heterocycles. The number of aromatic nitrogens is 3. The Balaban J connectivity index is 1.70. The quantitative estimate of drug-likeness (QED) is 0.256. The minimum absolute atomic E-state index is 0.183. The van der Waals surface area contributed by atoms with Crippen molar-refractivity contribution in [3.8, 4) is 22.8 Å². The molecule has 5 rings (SSSR count). The molecular weight excluding hydrogens is 408 g/mol. The summed E-state index contributed by atoms with van der Waals surface area (Å²) < 4.78 is 0. The molecule has 0 aliphatic carbocycles. The molecule has 0 atom stereocenters. The fraction of sp³-hybridized carbons (Fsp3) is 0. The predicted octanol–water partition coefficient (Wildman–Crippen LogP) is 5.75. The van der Waals surface area contributed by atoms with Gasteiger partial charge in [-0.25, -0.2) is 4.98 Å². The Morgan fingerprint density at radius 3 is 1.67 bits per heavy atom. The third kappa shape index (κ3) is 4.38. The van der Waals surface area contributed by atoms with Crippen LogP contribution in [0.2, 0.25) is 0 Å². The summed E-state index contributed by atoms with van der Waals surface area (Å²) >= 11 is 0. The van der Waals surface area contributed by atoms with E-state index in [1.165, 1.54) is 4.79 Å². The van der Waals surface area contributed by atoms with E-state index in [1.807, 2.05) is 109 Å². The molecule has 0 unspecified atom stereocenters. The lowest BCUT2D eigenvalue weighted by Gasteiger charge is -2.07. The lowest BCUT2D eigenvalue weighted by Crippen LogP contribution is -2.18. The lowest BCUT2D eigenvalue weighted by molar-refractivity contribution is 0.106. The second-order valence-electron chi connectivity index (χ2n) is 7.39. The van der Waals surface area contributed by atoms with Crippen LogP contribution in [0.15, 0.2) is 126 Å². The van der Waals surface area contributed by atoms with Gasteiger partial charge < -0.3 is 0 Å². The van der Waals surface area contributed by atoms with Crippen LogP contribution in [0.5, 0.6) is 0 Å². The molecule has 0 amide bonds. The summed E-state index contributed by atoms with van der Waals surface area (Å²) in [7, 11) is 0. The molecule has 1 heterocycles. The second-order valence-corrected chi connectivity index (χ2v) is 7.39. The van der Waals surface area contributed by atoms with Gasteiger partial charge in [0.25, 0.3) is 0 Å². The van der Waals surface area contributed by atoms with Crippen LogP contribution in [0.1, 0.15) is 15.9 Å². The van der Waals surface area contributed by atoms with Crippen LogP contribution >= 0.6 is 0 Å². The highest BCUT2D eigenvalue weighted by molar-refractivity contribution is 6.51. The van der Waals surface area contributed by atoms with Crippen LogP contribution < -0.4 is 0 Å². The monoisotopic (exact) mass is 428 g/mol. The SMILES string of the molecule is O=C(C(=Nn1nc(-c2ccccc2)nc1-c1ccccc1)c1ccccc1)c1ccccc1. The zero-order valence-electron chi connectivity index (χ0n) is 17.7. The van der Waals surface area contributed by atoms with Gasteiger partial charge in [0, 0.05) is 22.3 Å². The molecule has 0 radical (unpaired) electrons. The summed E-state index contributed by atoms with van der Waals surface area (Å²) in [6.07, 6.45) is 0. The van der Waals surface area contributed by atoms with Crippen LogP contribution in [-0.4, -0.2) is 26.4 Å². The van der Waals surface area contributed by atoms with E-state index in [2.05, 4.69) is 5.10 Å². The minimum atomic E-state index is -0.183. The first-order chi connectivity index (χ1) is 16.3. The summed E-state index contributed by atoms with van der Waals surface area (Å²) in [5, 5.41) is 9.40. The van der Waals surface area contributed by atoms with E-state index < -0.39 is 0 Å². The first-order valence-electron chi connectivity index (χ1n) is 10.6. The van der Waals surface area contributed by atoms with Crippen molar-refractivity contribution >= 4 is 11.5 Å². The number of carbonyl (C=O) groups excluding carboxylic acids is 1. The van der Waals surface area contributed by atoms with Crippen molar-refractivity contribution in [1.29, 1.82) is 0 Å². The van der Waals surface area contributed by atoms with E-state index in [0.29, 0.717) is 28.5 Å². The summed E-state index contributed by atoms with van der Waals surface area (Å²) in [6, 6.07) is 38.0. The van der Waals surface area contributed by atoms with Crippen molar-refractivity contribution in [3.05, 3.63) is 132 Å². The second kappa shape index (κ2) is 9.24. The minimum Gasteiger partial charge on any atom is -0.287 e. The fourth-order valence-corrected chi connectivity index (χ4v) is 3.50. The molecular formula is C28H20N4O. The molecule has 0 bridgehead atoms. The largest absolute Gasteiger partial charge is 0.287 e. The Morgan fingerprint density at radius 2 is 1.09 bits per heavy atom. The van der Waals surface area contributed by atoms with Crippen LogP contribution in [-0.2, 0) is 0 Å². The van der Waals surface area contributed by atoms with E-state index in [9.17, 15) is 4.79 Å². The molecule has 0 spiro atoms. The molecule has 0 fully saturated rings. The zero-order chi connectivity index (χ0) is 22.5. The van der Waals surface area contributed by atoms with Gasteiger partial charge in [0.15, 0.2) is 11.6 Å². The van der Waals surface area contributed by atoms with Crippen molar-refractivity contribution in [2.45, 2.75) is 0 Å². The summed E-state index contributed by atoms with van der Waals surface area (Å²) in [5.41, 5.74) is 3.30. The maximum atomic E-state index is 13.5. The Labute approximate surface area is 191 Å². The average molecular weight is 428 g/mol. The summed E-state index contributed by atoms with van der Waals surface area (Å²) in [5.74, 6) is 0.916. The topological polar surface area (TPSA) is 60.1 Å². The third-order valence-electron chi connectivity index (χ3n) is 5.15. The van der Waals surface area contributed by atoms with Crippen molar-refractivity contribution in [2.75, 3.05) is 0 Å². The maximum absolute atomic E-state index is 13.5. The maximum Gasteiger partial charge on any atom is 0.213 e. The first kappa shape index (κ1) is 20.3. The van der Waals surface area contributed by atoms with Gasteiger partial charge in [0.05, 0.1) is 0 Å². The van der Waals surface area contributed by atoms with Crippen molar-refractivity contribution in [3.63, 3.8) is 0 Å². The van der Waals surface area contributed by atoms with Gasteiger partial charge in [-0.15, -0.1) is 15.0 Å². The number of nitrogens with zero attached hydrogens (tertiary/aromatic N) is 4. The third-order valence-corrected chi connectivity index (χ3v) is 5.15. The zero-order valence-corrected chi connectivity index (χ0v) is 17.7. The number of rotatable bonds is 6. The van der Waals surface area contributed by atoms with Crippen LogP contribution in [0, 0.1) is 0 Å². The van der Waals surface area contributed by atoms with Gasteiger partial charge >= 0.3 is 0 Å². The van der Waals surface area contributed by atoms with E-state index in [4.69, 9.17) is 10.1 Å². The van der Waals surface area contributed by atoms with E-state index in [1.54, 1.807) is 12.1 Å². The first-order valence-corrected chi connectivity index (χ1v) is 10.6. The summed E-state index contributed by atoms with van der Waals surface area (Å²) in [6.45, 7) is 0. The van der Waals surface area contributed by atoms with Gasteiger partial charge in [0.2, 0.25) is 5.78 Å². The Bertz CT molecular complexity index is 1390. The highest BCUT2D eigenvalue weighted by Crippen LogP contribution is 2.23. The molecule has 0 saturated heterocycles. The number of Topliss-reactive ketones (excluding diaryl/α,β-unsaturated/α-hetero) is 1. The van der Waals surface area contributed by atoms with Gasteiger partial charge in [-0.2, -0.15) is 0 Å². The number of hydrogen-bond donors (Lipinski definition) is 0. The van der Waals surface area contributed by atoms with Crippen LogP contribution in [0.3, 0.4) is 0 Å². The van der Waals surface area contributed by atoms with Crippen molar-refractivity contribution in [1.82, 2.24) is 14.9 Å². The highest BCUT2D eigenvalue weighted by atomic mass is 16.1. The Hall–Kier alpha value is -4.64.